The summed E-state index contributed by atoms with van der Waals surface area (Å²) < 4.78 is 13.5. The van der Waals surface area contributed by atoms with Gasteiger partial charge in [-0.3, -0.25) is 19.8 Å². The topological polar surface area (TPSA) is 55.8 Å². The molecule has 27 heavy (non-hydrogen) atoms. The van der Waals surface area contributed by atoms with Crippen molar-refractivity contribution in [1.82, 2.24) is 15.3 Å². The molecule has 1 amide bonds. The van der Waals surface area contributed by atoms with Gasteiger partial charge >= 0.3 is 0 Å². The van der Waals surface area contributed by atoms with Crippen molar-refractivity contribution in [3.63, 3.8) is 0 Å². The van der Waals surface area contributed by atoms with Gasteiger partial charge in [-0.25, -0.2) is 9.87 Å². The van der Waals surface area contributed by atoms with Gasteiger partial charge in [0, 0.05) is 43.8 Å². The standard InChI is InChI=1S/C21H26FN3O2/c1-15-11-24(13-17-6-8-19(9-7-17)21(26)23-27)12-16(2)25(15)14-18-4-3-5-20(22)10-18/h3-10,15-16,27H,11-14H2,1-2H3,(H,23,26). The van der Waals surface area contributed by atoms with Gasteiger partial charge in [-0.1, -0.05) is 24.3 Å². The molecule has 1 heterocycles. The fraction of sp³-hybridized carbons (Fsp3) is 0.381. The number of hydrogen-bond acceptors (Lipinski definition) is 4. The predicted octanol–water partition coefficient (Wildman–Crippen LogP) is 3.04. The molecule has 6 heteroatoms. The summed E-state index contributed by atoms with van der Waals surface area (Å²) in [7, 11) is 0. The van der Waals surface area contributed by atoms with Gasteiger partial charge in [-0.05, 0) is 49.2 Å². The molecule has 0 bridgehead atoms. The zero-order valence-electron chi connectivity index (χ0n) is 15.7. The Morgan fingerprint density at radius 2 is 1.74 bits per heavy atom. The van der Waals surface area contributed by atoms with Crippen LogP contribution >= 0.6 is 0 Å². The second-order valence-corrected chi connectivity index (χ2v) is 7.33. The maximum absolute atomic E-state index is 13.5. The molecule has 3 rings (SSSR count). The van der Waals surface area contributed by atoms with E-state index in [9.17, 15) is 9.18 Å². The first-order chi connectivity index (χ1) is 13.0. The molecule has 0 aliphatic carbocycles. The quantitative estimate of drug-likeness (QED) is 0.627. The molecule has 0 saturated carbocycles. The number of rotatable bonds is 5. The molecule has 144 valence electrons. The number of carbonyl (C=O) groups is 1. The van der Waals surface area contributed by atoms with Crippen molar-refractivity contribution in [1.29, 1.82) is 0 Å². The maximum Gasteiger partial charge on any atom is 0.274 e. The van der Waals surface area contributed by atoms with E-state index in [1.165, 1.54) is 6.07 Å². The monoisotopic (exact) mass is 371 g/mol. The van der Waals surface area contributed by atoms with Gasteiger partial charge in [0.2, 0.25) is 0 Å². The normalized spacial score (nSPS) is 21.2. The number of carbonyl (C=O) groups excluding carboxylic acids is 1. The van der Waals surface area contributed by atoms with Crippen molar-refractivity contribution in [2.24, 2.45) is 0 Å². The first-order valence-corrected chi connectivity index (χ1v) is 9.22. The number of nitrogens with zero attached hydrogens (tertiary/aromatic N) is 2. The van der Waals surface area contributed by atoms with Crippen molar-refractivity contribution in [3.05, 3.63) is 71.0 Å². The number of amides is 1. The third kappa shape index (κ3) is 4.91. The van der Waals surface area contributed by atoms with Crippen LogP contribution in [0.4, 0.5) is 4.39 Å². The highest BCUT2D eigenvalue weighted by Gasteiger charge is 2.29. The summed E-state index contributed by atoms with van der Waals surface area (Å²) in [5.74, 6) is -0.695. The van der Waals surface area contributed by atoms with Crippen LogP contribution < -0.4 is 5.48 Å². The van der Waals surface area contributed by atoms with Gasteiger partial charge in [-0.15, -0.1) is 0 Å². The van der Waals surface area contributed by atoms with E-state index >= 15 is 0 Å². The van der Waals surface area contributed by atoms with Gasteiger partial charge in [0.15, 0.2) is 0 Å². The molecule has 5 nitrogen and oxygen atoms in total. The lowest BCUT2D eigenvalue weighted by Crippen LogP contribution is -2.55. The lowest BCUT2D eigenvalue weighted by atomic mass is 10.0. The molecule has 1 saturated heterocycles. The molecule has 1 fully saturated rings. The van der Waals surface area contributed by atoms with E-state index in [-0.39, 0.29) is 5.82 Å². The van der Waals surface area contributed by atoms with Crippen LogP contribution in [0.5, 0.6) is 0 Å². The highest BCUT2D eigenvalue weighted by atomic mass is 19.1. The summed E-state index contributed by atoms with van der Waals surface area (Å²) in [6, 6.07) is 14.8. The highest BCUT2D eigenvalue weighted by Crippen LogP contribution is 2.21. The molecule has 1 aliphatic heterocycles. The van der Waals surface area contributed by atoms with E-state index in [0.717, 1.165) is 37.3 Å². The van der Waals surface area contributed by atoms with Crippen LogP contribution in [0.25, 0.3) is 0 Å². The number of nitrogens with one attached hydrogen (secondary N) is 1. The lowest BCUT2D eigenvalue weighted by molar-refractivity contribution is 0.0290. The van der Waals surface area contributed by atoms with Crippen LogP contribution in [0.3, 0.4) is 0 Å². The Morgan fingerprint density at radius 1 is 1.07 bits per heavy atom. The number of hydrogen-bond donors (Lipinski definition) is 2. The first kappa shape index (κ1) is 19.5. The zero-order valence-corrected chi connectivity index (χ0v) is 15.7. The third-order valence-electron chi connectivity index (χ3n) is 5.16. The van der Waals surface area contributed by atoms with E-state index < -0.39 is 5.91 Å². The molecule has 2 aromatic rings. The lowest BCUT2D eigenvalue weighted by Gasteiger charge is -2.44. The summed E-state index contributed by atoms with van der Waals surface area (Å²) in [5, 5.41) is 8.69. The smallest absolute Gasteiger partial charge is 0.274 e. The molecule has 0 radical (unpaired) electrons. The van der Waals surface area contributed by atoms with Gasteiger partial charge in [0.05, 0.1) is 0 Å². The fourth-order valence-electron chi connectivity index (χ4n) is 3.84. The number of halogens is 1. The van der Waals surface area contributed by atoms with Crippen LogP contribution in [0.2, 0.25) is 0 Å². The summed E-state index contributed by atoms with van der Waals surface area (Å²) in [5.41, 5.74) is 4.20. The molecular weight excluding hydrogens is 345 g/mol. The largest absolute Gasteiger partial charge is 0.296 e. The highest BCUT2D eigenvalue weighted by molar-refractivity contribution is 5.93. The van der Waals surface area contributed by atoms with Gasteiger partial charge in [0.1, 0.15) is 5.82 Å². The summed E-state index contributed by atoms with van der Waals surface area (Å²) in [6.07, 6.45) is 0. The van der Waals surface area contributed by atoms with Crippen LogP contribution in [0.15, 0.2) is 48.5 Å². The van der Waals surface area contributed by atoms with Crippen LogP contribution in [-0.2, 0) is 13.1 Å². The summed E-state index contributed by atoms with van der Waals surface area (Å²) in [6.45, 7) is 7.83. The van der Waals surface area contributed by atoms with Crippen molar-refractivity contribution >= 4 is 5.91 Å². The minimum atomic E-state index is -0.505. The second-order valence-electron chi connectivity index (χ2n) is 7.33. The minimum Gasteiger partial charge on any atom is -0.296 e. The van der Waals surface area contributed by atoms with E-state index in [1.54, 1.807) is 29.7 Å². The fourth-order valence-corrected chi connectivity index (χ4v) is 3.84. The Kier molecular flexibility index (Phi) is 6.21. The molecule has 0 spiro atoms. The molecule has 2 aromatic carbocycles. The van der Waals surface area contributed by atoms with E-state index in [0.29, 0.717) is 17.6 Å². The second kappa shape index (κ2) is 8.61. The molecule has 2 N–H and O–H groups in total. The van der Waals surface area contributed by atoms with E-state index in [4.69, 9.17) is 5.21 Å². The Hall–Kier alpha value is -2.28. The van der Waals surface area contributed by atoms with Crippen LogP contribution in [-0.4, -0.2) is 46.1 Å². The first-order valence-electron chi connectivity index (χ1n) is 9.22. The van der Waals surface area contributed by atoms with Gasteiger partial charge in [-0.2, -0.15) is 0 Å². The van der Waals surface area contributed by atoms with E-state index in [1.807, 2.05) is 18.2 Å². The van der Waals surface area contributed by atoms with Crippen molar-refractivity contribution in [2.75, 3.05) is 13.1 Å². The Balaban J connectivity index is 1.60. The van der Waals surface area contributed by atoms with Gasteiger partial charge in [0.25, 0.3) is 5.91 Å². The Bertz CT molecular complexity index is 769. The SMILES string of the molecule is CC1CN(Cc2ccc(C(=O)NO)cc2)CC(C)N1Cc1cccc(F)c1. The minimum absolute atomic E-state index is 0.190. The van der Waals surface area contributed by atoms with Crippen molar-refractivity contribution in [3.8, 4) is 0 Å². The third-order valence-corrected chi connectivity index (χ3v) is 5.16. The zero-order chi connectivity index (χ0) is 19.4. The average molecular weight is 371 g/mol. The number of hydroxylamine groups is 1. The molecular formula is C21H26FN3O2. The van der Waals surface area contributed by atoms with E-state index in [2.05, 4.69) is 23.6 Å². The van der Waals surface area contributed by atoms with Crippen molar-refractivity contribution < 1.29 is 14.4 Å². The number of piperazine rings is 1. The van der Waals surface area contributed by atoms with Crippen molar-refractivity contribution in [2.45, 2.75) is 39.0 Å². The predicted molar refractivity (Wildman–Crippen MR) is 102 cm³/mol. The summed E-state index contributed by atoms with van der Waals surface area (Å²) in [4.78, 5) is 16.2. The average Bonchev–Trinajstić information content (AvgIpc) is 2.65. The molecule has 1 aliphatic rings. The molecule has 2 unspecified atom stereocenters. The Morgan fingerprint density at radius 3 is 2.33 bits per heavy atom. The Labute approximate surface area is 159 Å². The van der Waals surface area contributed by atoms with Crippen LogP contribution in [0, 0.1) is 5.82 Å². The molecule has 2 atom stereocenters. The van der Waals surface area contributed by atoms with Gasteiger partial charge < -0.3 is 0 Å². The summed E-state index contributed by atoms with van der Waals surface area (Å²) >= 11 is 0. The number of benzene rings is 2. The van der Waals surface area contributed by atoms with Crippen LogP contribution in [0.1, 0.15) is 35.3 Å². The molecule has 0 aromatic heterocycles. The maximum atomic E-state index is 13.5.